The summed E-state index contributed by atoms with van der Waals surface area (Å²) in [5.41, 5.74) is 3.35. The molecule has 0 aliphatic heterocycles. The van der Waals surface area contributed by atoms with Gasteiger partial charge < -0.3 is 5.32 Å². The highest BCUT2D eigenvalue weighted by Gasteiger charge is 2.22. The number of carbonyl (C=O) groups is 1. The number of sulfonamides is 1. The van der Waals surface area contributed by atoms with Crippen molar-refractivity contribution in [1.29, 1.82) is 0 Å². The van der Waals surface area contributed by atoms with E-state index in [1.165, 1.54) is 17.8 Å². The third kappa shape index (κ3) is 4.49. The zero-order valence-corrected chi connectivity index (χ0v) is 18.7. The highest BCUT2D eigenvalue weighted by Crippen LogP contribution is 2.33. The molecule has 0 saturated heterocycles. The van der Waals surface area contributed by atoms with Crippen LogP contribution in [0.4, 0.5) is 10.8 Å². The topological polar surface area (TPSA) is 88.2 Å². The second-order valence-electron chi connectivity index (χ2n) is 7.90. The number of thiazole rings is 1. The number of anilines is 2. The number of aryl methyl sites for hydroxylation is 2. The third-order valence-electron chi connectivity index (χ3n) is 5.48. The minimum absolute atomic E-state index is 0.0678. The fourth-order valence-electron chi connectivity index (χ4n) is 3.81. The first kappa shape index (κ1) is 20.8. The molecule has 8 heteroatoms. The van der Waals surface area contributed by atoms with Gasteiger partial charge >= 0.3 is 0 Å². The number of hydrogen-bond acceptors (Lipinski definition) is 5. The van der Waals surface area contributed by atoms with Crippen molar-refractivity contribution in [2.24, 2.45) is 5.92 Å². The van der Waals surface area contributed by atoms with Crippen LogP contribution in [0.15, 0.2) is 41.3 Å². The maximum atomic E-state index is 12.7. The molecule has 0 radical (unpaired) electrons. The normalized spacial score (nSPS) is 15.3. The Labute approximate surface area is 180 Å². The van der Waals surface area contributed by atoms with E-state index in [-0.39, 0.29) is 16.7 Å². The van der Waals surface area contributed by atoms with Crippen LogP contribution in [-0.2, 0) is 14.8 Å². The Morgan fingerprint density at radius 2 is 1.77 bits per heavy atom. The smallest absolute Gasteiger partial charge is 0.263 e. The van der Waals surface area contributed by atoms with Crippen molar-refractivity contribution in [3.8, 4) is 0 Å². The van der Waals surface area contributed by atoms with Crippen molar-refractivity contribution < 1.29 is 13.2 Å². The van der Waals surface area contributed by atoms with Gasteiger partial charge in [-0.1, -0.05) is 48.3 Å². The summed E-state index contributed by atoms with van der Waals surface area (Å²) in [6.45, 7) is 3.82. The summed E-state index contributed by atoms with van der Waals surface area (Å²) in [4.78, 5) is 17.2. The van der Waals surface area contributed by atoms with E-state index in [4.69, 9.17) is 0 Å². The van der Waals surface area contributed by atoms with Gasteiger partial charge in [0.15, 0.2) is 5.13 Å². The SMILES string of the molecule is Cc1ccc(S(=O)(=O)Nc2nc3c(C)cc(NC(=O)C4CCCCC4)cc3s2)cc1. The molecule has 30 heavy (non-hydrogen) atoms. The van der Waals surface area contributed by atoms with E-state index >= 15 is 0 Å². The minimum atomic E-state index is -3.71. The van der Waals surface area contributed by atoms with Crippen molar-refractivity contribution >= 4 is 48.3 Å². The first-order valence-electron chi connectivity index (χ1n) is 10.1. The van der Waals surface area contributed by atoms with Crippen LogP contribution in [0.2, 0.25) is 0 Å². The van der Waals surface area contributed by atoms with E-state index in [1.54, 1.807) is 24.3 Å². The predicted octanol–water partition coefficient (Wildman–Crippen LogP) is 5.23. The molecule has 1 fully saturated rings. The van der Waals surface area contributed by atoms with Crippen molar-refractivity contribution in [2.75, 3.05) is 10.0 Å². The largest absolute Gasteiger partial charge is 0.326 e. The van der Waals surface area contributed by atoms with Gasteiger partial charge in [-0.3, -0.25) is 9.52 Å². The molecular formula is C22H25N3O3S2. The lowest BCUT2D eigenvalue weighted by atomic mass is 9.88. The number of rotatable bonds is 5. The summed E-state index contributed by atoms with van der Waals surface area (Å²) in [5.74, 6) is 0.145. The monoisotopic (exact) mass is 443 g/mol. The van der Waals surface area contributed by atoms with Gasteiger partial charge in [0.2, 0.25) is 5.91 Å². The summed E-state index contributed by atoms with van der Waals surface area (Å²) in [6.07, 6.45) is 5.30. The van der Waals surface area contributed by atoms with E-state index in [0.717, 1.165) is 52.7 Å². The van der Waals surface area contributed by atoms with Crippen LogP contribution in [-0.4, -0.2) is 19.3 Å². The Hall–Kier alpha value is -2.45. The van der Waals surface area contributed by atoms with Crippen LogP contribution in [0.25, 0.3) is 10.2 Å². The van der Waals surface area contributed by atoms with E-state index in [9.17, 15) is 13.2 Å². The van der Waals surface area contributed by atoms with Gasteiger partial charge in [-0.2, -0.15) is 0 Å². The lowest BCUT2D eigenvalue weighted by molar-refractivity contribution is -0.120. The van der Waals surface area contributed by atoms with Crippen molar-refractivity contribution in [2.45, 2.75) is 50.8 Å². The fraction of sp³-hybridized carbons (Fsp3) is 0.364. The highest BCUT2D eigenvalue weighted by molar-refractivity contribution is 7.93. The summed E-state index contributed by atoms with van der Waals surface area (Å²) in [7, 11) is -3.71. The molecular weight excluding hydrogens is 418 g/mol. The van der Waals surface area contributed by atoms with Crippen LogP contribution < -0.4 is 10.0 Å². The maximum absolute atomic E-state index is 12.7. The standard InChI is InChI=1S/C22H25N3O3S2/c1-14-8-10-18(11-9-14)30(27,28)25-22-24-20-15(2)12-17(13-19(20)29-22)23-21(26)16-6-4-3-5-7-16/h8-13,16H,3-7H2,1-2H3,(H,23,26)(H,24,25). The number of carbonyl (C=O) groups excluding carboxylic acids is 1. The molecule has 1 aromatic heterocycles. The van der Waals surface area contributed by atoms with Gasteiger partial charge in [0.1, 0.15) is 0 Å². The van der Waals surface area contributed by atoms with E-state index in [2.05, 4.69) is 15.0 Å². The number of amides is 1. The lowest BCUT2D eigenvalue weighted by Gasteiger charge is -2.20. The number of benzene rings is 2. The Morgan fingerprint density at radius 1 is 1.07 bits per heavy atom. The molecule has 0 spiro atoms. The molecule has 1 aliphatic rings. The molecule has 1 aliphatic carbocycles. The second kappa shape index (κ2) is 8.35. The Bertz CT molecular complexity index is 1180. The van der Waals surface area contributed by atoms with Crippen LogP contribution in [0.3, 0.4) is 0 Å². The first-order valence-corrected chi connectivity index (χ1v) is 12.4. The lowest BCUT2D eigenvalue weighted by Crippen LogP contribution is -2.24. The van der Waals surface area contributed by atoms with Crippen LogP contribution in [0.1, 0.15) is 43.2 Å². The Balaban J connectivity index is 1.56. The quantitative estimate of drug-likeness (QED) is 0.565. The van der Waals surface area contributed by atoms with E-state index in [1.807, 2.05) is 26.0 Å². The molecule has 2 aromatic carbocycles. The minimum Gasteiger partial charge on any atom is -0.326 e. The first-order chi connectivity index (χ1) is 14.3. The number of nitrogens with one attached hydrogen (secondary N) is 2. The zero-order valence-electron chi connectivity index (χ0n) is 17.1. The average Bonchev–Trinajstić information content (AvgIpc) is 3.11. The second-order valence-corrected chi connectivity index (χ2v) is 10.6. The third-order valence-corrected chi connectivity index (χ3v) is 7.88. The molecule has 0 atom stereocenters. The summed E-state index contributed by atoms with van der Waals surface area (Å²) in [5, 5.41) is 3.34. The van der Waals surface area contributed by atoms with Crippen molar-refractivity contribution in [3.63, 3.8) is 0 Å². The number of nitrogens with zero attached hydrogens (tertiary/aromatic N) is 1. The molecule has 2 N–H and O–H groups in total. The van der Waals surface area contributed by atoms with Crippen molar-refractivity contribution in [3.05, 3.63) is 47.5 Å². The Morgan fingerprint density at radius 3 is 2.47 bits per heavy atom. The zero-order chi connectivity index (χ0) is 21.3. The maximum Gasteiger partial charge on any atom is 0.263 e. The molecule has 158 valence electrons. The fourth-order valence-corrected chi connectivity index (χ4v) is 6.03. The van der Waals surface area contributed by atoms with Crippen LogP contribution in [0.5, 0.6) is 0 Å². The number of fused-ring (bicyclic) bond motifs is 1. The van der Waals surface area contributed by atoms with Crippen molar-refractivity contribution in [1.82, 2.24) is 4.98 Å². The molecule has 0 unspecified atom stereocenters. The predicted molar refractivity (Wildman–Crippen MR) is 122 cm³/mol. The van der Waals surface area contributed by atoms with E-state index < -0.39 is 10.0 Å². The average molecular weight is 444 g/mol. The molecule has 0 bridgehead atoms. The van der Waals surface area contributed by atoms with Gasteiger partial charge in [0.05, 0.1) is 15.1 Å². The molecule has 1 saturated carbocycles. The molecule has 1 heterocycles. The van der Waals surface area contributed by atoms with Gasteiger partial charge in [-0.05, 0) is 56.5 Å². The van der Waals surface area contributed by atoms with E-state index in [0.29, 0.717) is 5.13 Å². The number of aromatic nitrogens is 1. The van der Waals surface area contributed by atoms with Gasteiger partial charge in [-0.15, -0.1) is 0 Å². The van der Waals surface area contributed by atoms with Crippen LogP contribution in [0, 0.1) is 19.8 Å². The summed E-state index contributed by atoms with van der Waals surface area (Å²) in [6, 6.07) is 10.4. The van der Waals surface area contributed by atoms with Gasteiger partial charge in [0.25, 0.3) is 10.0 Å². The summed E-state index contributed by atoms with van der Waals surface area (Å²) >= 11 is 1.26. The highest BCUT2D eigenvalue weighted by atomic mass is 32.2. The van der Waals surface area contributed by atoms with Gasteiger partial charge in [0, 0.05) is 11.6 Å². The van der Waals surface area contributed by atoms with Crippen LogP contribution >= 0.6 is 11.3 Å². The Kier molecular flexibility index (Phi) is 5.79. The molecule has 1 amide bonds. The molecule has 4 rings (SSSR count). The summed E-state index contributed by atoms with van der Waals surface area (Å²) < 4.78 is 28.7. The molecule has 3 aromatic rings. The van der Waals surface area contributed by atoms with Gasteiger partial charge in [-0.25, -0.2) is 13.4 Å². The number of hydrogen-bond donors (Lipinski definition) is 2. The molecule has 6 nitrogen and oxygen atoms in total.